The van der Waals surface area contributed by atoms with Crippen molar-refractivity contribution < 1.29 is 19.4 Å². The van der Waals surface area contributed by atoms with Gasteiger partial charge in [-0.3, -0.25) is 0 Å². The fourth-order valence-corrected chi connectivity index (χ4v) is 2.00. The molecule has 0 spiro atoms. The summed E-state index contributed by atoms with van der Waals surface area (Å²) in [6, 6.07) is -1.08. The molecule has 1 aromatic rings. The summed E-state index contributed by atoms with van der Waals surface area (Å²) in [6.07, 6.45) is -0.679. The number of carboxylic acid groups (broad SMARTS) is 1. The zero-order chi connectivity index (χ0) is 14.6. The molecule has 0 aromatic carbocycles. The van der Waals surface area contributed by atoms with E-state index in [1.807, 2.05) is 0 Å². The largest absolute Gasteiger partial charge is 0.480 e. The van der Waals surface area contributed by atoms with Crippen molar-refractivity contribution in [3.8, 4) is 0 Å². The number of nitrogens with one attached hydrogen (secondary N) is 1. The molecule has 0 aliphatic heterocycles. The van der Waals surface area contributed by atoms with E-state index >= 15 is 0 Å². The number of aryl methyl sites for hydroxylation is 1. The van der Waals surface area contributed by atoms with Crippen LogP contribution in [-0.4, -0.2) is 39.0 Å². The molecule has 0 fully saturated rings. The van der Waals surface area contributed by atoms with Crippen LogP contribution >= 0.6 is 11.3 Å². The van der Waals surface area contributed by atoms with Crippen LogP contribution in [0.5, 0.6) is 0 Å². The van der Waals surface area contributed by atoms with E-state index in [0.29, 0.717) is 5.01 Å². The molecule has 1 heterocycles. The van der Waals surface area contributed by atoms with E-state index < -0.39 is 23.7 Å². The van der Waals surface area contributed by atoms with Gasteiger partial charge in [0.25, 0.3) is 0 Å². The van der Waals surface area contributed by atoms with E-state index in [9.17, 15) is 9.59 Å². The zero-order valence-electron chi connectivity index (χ0n) is 11.3. The van der Waals surface area contributed by atoms with E-state index in [1.165, 1.54) is 11.3 Å². The maximum absolute atomic E-state index is 11.5. The summed E-state index contributed by atoms with van der Waals surface area (Å²) in [5, 5.41) is 20.3. The molecule has 106 valence electrons. The van der Waals surface area contributed by atoms with E-state index in [4.69, 9.17) is 9.84 Å². The summed E-state index contributed by atoms with van der Waals surface area (Å²) >= 11 is 1.30. The number of aliphatic carboxylic acids is 1. The number of alkyl carbamates (subject to hydrolysis) is 1. The van der Waals surface area contributed by atoms with Crippen LogP contribution in [0.1, 0.15) is 30.8 Å². The number of ether oxygens (including phenoxy) is 1. The van der Waals surface area contributed by atoms with Crippen molar-refractivity contribution in [3.05, 3.63) is 10.0 Å². The molecule has 1 unspecified atom stereocenters. The molecular weight excluding hydrogens is 270 g/mol. The Morgan fingerprint density at radius 3 is 2.47 bits per heavy atom. The minimum Gasteiger partial charge on any atom is -0.480 e. The number of rotatable bonds is 4. The van der Waals surface area contributed by atoms with Crippen LogP contribution < -0.4 is 5.32 Å². The highest BCUT2D eigenvalue weighted by Gasteiger charge is 2.25. The molecule has 2 N–H and O–H groups in total. The zero-order valence-corrected chi connectivity index (χ0v) is 12.1. The fourth-order valence-electron chi connectivity index (χ4n) is 1.24. The van der Waals surface area contributed by atoms with Crippen LogP contribution in [0.25, 0.3) is 0 Å². The predicted molar refractivity (Wildman–Crippen MR) is 69.1 cm³/mol. The molecule has 0 aliphatic rings. The number of hydrogen-bond acceptors (Lipinski definition) is 6. The third-order valence-electron chi connectivity index (χ3n) is 1.94. The molecule has 1 amide bonds. The molecule has 1 aromatic heterocycles. The second kappa shape index (κ2) is 5.96. The molecule has 0 saturated carbocycles. The van der Waals surface area contributed by atoms with E-state index in [1.54, 1.807) is 27.7 Å². The van der Waals surface area contributed by atoms with E-state index in [2.05, 4.69) is 15.5 Å². The average Bonchev–Trinajstić information content (AvgIpc) is 2.60. The van der Waals surface area contributed by atoms with Gasteiger partial charge in [-0.05, 0) is 27.7 Å². The van der Waals surface area contributed by atoms with Gasteiger partial charge in [0.1, 0.15) is 21.7 Å². The molecule has 1 atom stereocenters. The van der Waals surface area contributed by atoms with Crippen LogP contribution in [0.15, 0.2) is 0 Å². The lowest BCUT2D eigenvalue weighted by atomic mass is 10.2. The third kappa shape index (κ3) is 5.64. The van der Waals surface area contributed by atoms with Gasteiger partial charge in [-0.15, -0.1) is 21.5 Å². The quantitative estimate of drug-likeness (QED) is 0.867. The topological polar surface area (TPSA) is 101 Å². The molecule has 7 nitrogen and oxygen atoms in total. The highest BCUT2D eigenvalue weighted by molar-refractivity contribution is 7.11. The molecule has 19 heavy (non-hydrogen) atoms. The van der Waals surface area contributed by atoms with Crippen molar-refractivity contribution in [1.82, 2.24) is 15.5 Å². The lowest BCUT2D eigenvalue weighted by Gasteiger charge is -2.21. The second-order valence-electron chi connectivity index (χ2n) is 4.96. The Labute approximate surface area is 115 Å². The lowest BCUT2D eigenvalue weighted by Crippen LogP contribution is -2.44. The molecule has 0 saturated heterocycles. The summed E-state index contributed by atoms with van der Waals surface area (Å²) < 4.78 is 5.02. The van der Waals surface area contributed by atoms with Gasteiger partial charge in [0, 0.05) is 6.42 Å². The van der Waals surface area contributed by atoms with Gasteiger partial charge in [0.05, 0.1) is 0 Å². The molecule has 0 bridgehead atoms. The minimum absolute atomic E-state index is 0.0834. The highest BCUT2D eigenvalue weighted by atomic mass is 32.1. The molecule has 8 heteroatoms. The average molecular weight is 287 g/mol. The van der Waals surface area contributed by atoms with Crippen LogP contribution in [0.2, 0.25) is 0 Å². The Balaban J connectivity index is 2.63. The Bertz CT molecular complexity index is 467. The first-order valence-corrected chi connectivity index (χ1v) is 6.50. The smallest absolute Gasteiger partial charge is 0.408 e. The van der Waals surface area contributed by atoms with Crippen molar-refractivity contribution in [2.45, 2.75) is 45.8 Å². The van der Waals surface area contributed by atoms with Gasteiger partial charge in [0.2, 0.25) is 0 Å². The Kier molecular flexibility index (Phi) is 4.82. The summed E-state index contributed by atoms with van der Waals surface area (Å²) in [6.45, 7) is 6.89. The van der Waals surface area contributed by atoms with Crippen LogP contribution in [0.3, 0.4) is 0 Å². The van der Waals surface area contributed by atoms with Crippen molar-refractivity contribution >= 4 is 23.4 Å². The second-order valence-corrected chi connectivity index (χ2v) is 6.22. The Morgan fingerprint density at radius 1 is 1.42 bits per heavy atom. The molecular formula is C11H17N3O4S. The van der Waals surface area contributed by atoms with Gasteiger partial charge < -0.3 is 15.2 Å². The van der Waals surface area contributed by atoms with Crippen LogP contribution in [0, 0.1) is 6.92 Å². The Hall–Kier alpha value is -1.70. The SMILES string of the molecule is Cc1nnc(CC(NC(=O)OC(C)(C)C)C(=O)O)s1. The van der Waals surface area contributed by atoms with Gasteiger partial charge in [0.15, 0.2) is 0 Å². The van der Waals surface area contributed by atoms with Gasteiger partial charge >= 0.3 is 12.1 Å². The number of carbonyl (C=O) groups is 2. The first kappa shape index (κ1) is 15.4. The predicted octanol–water partition coefficient (Wildman–Crippen LogP) is 1.37. The third-order valence-corrected chi connectivity index (χ3v) is 2.80. The lowest BCUT2D eigenvalue weighted by molar-refractivity contribution is -0.139. The van der Waals surface area contributed by atoms with Crippen LogP contribution in [0.4, 0.5) is 4.79 Å². The van der Waals surface area contributed by atoms with Crippen LogP contribution in [-0.2, 0) is 16.0 Å². The Morgan fingerprint density at radius 2 is 2.05 bits per heavy atom. The monoisotopic (exact) mass is 287 g/mol. The van der Waals surface area contributed by atoms with Crippen molar-refractivity contribution in [1.29, 1.82) is 0 Å². The number of nitrogens with zero attached hydrogens (tertiary/aromatic N) is 2. The number of carboxylic acids is 1. The first-order chi connectivity index (χ1) is 8.67. The van der Waals surface area contributed by atoms with Crippen molar-refractivity contribution in [3.63, 3.8) is 0 Å². The number of amides is 1. The van der Waals surface area contributed by atoms with Gasteiger partial charge in [-0.2, -0.15) is 0 Å². The van der Waals surface area contributed by atoms with E-state index in [0.717, 1.165) is 5.01 Å². The fraction of sp³-hybridized carbons (Fsp3) is 0.636. The minimum atomic E-state index is -1.14. The first-order valence-electron chi connectivity index (χ1n) is 5.68. The summed E-state index contributed by atoms with van der Waals surface area (Å²) in [7, 11) is 0. The van der Waals surface area contributed by atoms with Gasteiger partial charge in [-0.25, -0.2) is 9.59 Å². The molecule has 0 radical (unpaired) electrons. The summed E-state index contributed by atoms with van der Waals surface area (Å²) in [5.41, 5.74) is -0.674. The summed E-state index contributed by atoms with van der Waals surface area (Å²) in [4.78, 5) is 22.6. The number of hydrogen-bond donors (Lipinski definition) is 2. The molecule has 1 rings (SSSR count). The van der Waals surface area contributed by atoms with E-state index in [-0.39, 0.29) is 6.42 Å². The number of aromatic nitrogens is 2. The van der Waals surface area contributed by atoms with Crippen molar-refractivity contribution in [2.75, 3.05) is 0 Å². The molecule has 0 aliphatic carbocycles. The van der Waals surface area contributed by atoms with Gasteiger partial charge in [-0.1, -0.05) is 0 Å². The standard InChI is InChI=1S/C11H17N3O4S/c1-6-13-14-8(19-6)5-7(9(15)16)12-10(17)18-11(2,3)4/h7H,5H2,1-4H3,(H,12,17)(H,15,16). The highest BCUT2D eigenvalue weighted by Crippen LogP contribution is 2.11. The maximum atomic E-state index is 11.5. The summed E-state index contributed by atoms with van der Waals surface area (Å²) in [5.74, 6) is -1.14. The normalized spacial score (nSPS) is 12.8. The number of carbonyl (C=O) groups excluding carboxylic acids is 1. The maximum Gasteiger partial charge on any atom is 0.408 e. The van der Waals surface area contributed by atoms with Crippen molar-refractivity contribution in [2.24, 2.45) is 0 Å².